The molecule has 0 heterocycles. The number of hydrogen-bond acceptors (Lipinski definition) is 7. The molecule has 1 aromatic carbocycles. The summed E-state index contributed by atoms with van der Waals surface area (Å²) in [5.41, 5.74) is -0.240. The Morgan fingerprint density at radius 3 is 2.10 bits per heavy atom. The van der Waals surface area contributed by atoms with Crippen LogP contribution in [0.1, 0.15) is 41.0 Å². The topological polar surface area (TPSA) is 136 Å². The zero-order valence-electron chi connectivity index (χ0n) is 18.7. The van der Waals surface area contributed by atoms with E-state index in [0.717, 1.165) is 28.6 Å². The minimum absolute atomic E-state index is 0.00762. The molecule has 0 fully saturated rings. The lowest BCUT2D eigenvalue weighted by molar-refractivity contribution is -0.384. The lowest BCUT2D eigenvalue weighted by Crippen LogP contribution is -2.56. The average Bonchev–Trinajstić information content (AvgIpc) is 2.73. The highest BCUT2D eigenvalue weighted by Gasteiger charge is 2.39. The van der Waals surface area contributed by atoms with Gasteiger partial charge in [0.1, 0.15) is 12.1 Å². The van der Waals surface area contributed by atoms with Crippen LogP contribution in [0.3, 0.4) is 0 Å². The number of sulfonamides is 1. The van der Waals surface area contributed by atoms with Crippen LogP contribution in [0, 0.1) is 22.0 Å². The summed E-state index contributed by atoms with van der Waals surface area (Å²) in [4.78, 5) is 35.3. The predicted molar refractivity (Wildman–Crippen MR) is 115 cm³/mol. The van der Waals surface area contributed by atoms with Crippen molar-refractivity contribution in [3.05, 3.63) is 34.4 Å². The molecule has 11 heteroatoms. The van der Waals surface area contributed by atoms with Crippen molar-refractivity contribution in [3.8, 4) is 0 Å². The van der Waals surface area contributed by atoms with E-state index < -0.39 is 38.9 Å². The first-order chi connectivity index (χ1) is 14.4. The molecule has 10 nitrogen and oxygen atoms in total. The quantitative estimate of drug-likeness (QED) is 0.306. The van der Waals surface area contributed by atoms with E-state index in [4.69, 9.17) is 4.74 Å². The van der Waals surface area contributed by atoms with Gasteiger partial charge in [-0.1, -0.05) is 41.0 Å². The van der Waals surface area contributed by atoms with E-state index >= 15 is 0 Å². The van der Waals surface area contributed by atoms with Crippen LogP contribution in [0.4, 0.5) is 5.69 Å². The van der Waals surface area contributed by atoms with Gasteiger partial charge < -0.3 is 10.1 Å². The van der Waals surface area contributed by atoms with E-state index in [1.807, 2.05) is 6.92 Å². The van der Waals surface area contributed by atoms with Gasteiger partial charge in [-0.15, -0.1) is 0 Å². The monoisotopic (exact) mass is 457 g/mol. The zero-order chi connectivity index (χ0) is 23.9. The number of nitrogens with zero attached hydrogens (tertiary/aromatic N) is 2. The van der Waals surface area contributed by atoms with Crippen molar-refractivity contribution in [2.45, 2.75) is 58.0 Å². The number of ether oxygens (including phenoxy) is 1. The van der Waals surface area contributed by atoms with E-state index in [1.165, 1.54) is 7.11 Å². The molecule has 174 valence electrons. The molecular weight excluding hydrogens is 426 g/mol. The summed E-state index contributed by atoms with van der Waals surface area (Å²) in [5.74, 6) is -1.85. The smallest absolute Gasteiger partial charge is 0.328 e. The number of methoxy groups -OCH3 is 1. The molecule has 0 saturated carbocycles. The number of carbonyl (C=O) groups excluding carboxylic acids is 2. The number of benzene rings is 1. The Labute approximate surface area is 183 Å². The van der Waals surface area contributed by atoms with Gasteiger partial charge in [0.2, 0.25) is 15.9 Å². The van der Waals surface area contributed by atoms with Gasteiger partial charge in [0.15, 0.2) is 0 Å². The molecule has 31 heavy (non-hydrogen) atoms. The fraction of sp³-hybridized carbons (Fsp3) is 0.600. The molecule has 1 rings (SSSR count). The van der Waals surface area contributed by atoms with Crippen molar-refractivity contribution in [3.63, 3.8) is 0 Å². The molecule has 3 atom stereocenters. The van der Waals surface area contributed by atoms with Crippen molar-refractivity contribution in [2.24, 2.45) is 11.8 Å². The predicted octanol–water partition coefficient (Wildman–Crippen LogP) is 2.33. The summed E-state index contributed by atoms with van der Waals surface area (Å²) in [6.45, 7) is 8.66. The van der Waals surface area contributed by atoms with E-state index in [0.29, 0.717) is 6.42 Å². The highest BCUT2D eigenvalue weighted by atomic mass is 32.2. The molecule has 0 bridgehead atoms. The standard InChI is InChI=1S/C20H31N3O7S/c1-7-14(5)18(19(24)21-17(13(3)4)20(25)30-6)22(8-2)31(28,29)16-11-9-15(10-12-16)23(26)27/h9-14,17-18H,7-8H2,1-6H3,(H,21,24)/t14-,17-,18-/m0/s1. The van der Waals surface area contributed by atoms with E-state index in [-0.39, 0.29) is 29.0 Å². The van der Waals surface area contributed by atoms with Gasteiger partial charge in [0, 0.05) is 18.7 Å². The van der Waals surface area contributed by atoms with Crippen molar-refractivity contribution < 1.29 is 27.7 Å². The second-order valence-corrected chi connectivity index (χ2v) is 9.43. The van der Waals surface area contributed by atoms with Gasteiger partial charge in [-0.2, -0.15) is 4.31 Å². The number of non-ortho nitro benzene ring substituents is 1. The van der Waals surface area contributed by atoms with Gasteiger partial charge in [-0.25, -0.2) is 13.2 Å². The molecule has 0 unspecified atom stereocenters. The SMILES string of the molecule is CC[C@H](C)[C@@H](C(=O)N[C@H](C(=O)OC)C(C)C)N(CC)S(=O)(=O)c1ccc([N+](=O)[O-])cc1. The first kappa shape index (κ1) is 26.5. The van der Waals surface area contributed by atoms with Crippen LogP contribution in [0.15, 0.2) is 29.2 Å². The zero-order valence-corrected chi connectivity index (χ0v) is 19.5. The fourth-order valence-electron chi connectivity index (χ4n) is 3.15. The van der Waals surface area contributed by atoms with Crippen LogP contribution >= 0.6 is 0 Å². The number of carbonyl (C=O) groups is 2. The van der Waals surface area contributed by atoms with Crippen molar-refractivity contribution >= 4 is 27.6 Å². The molecule has 0 aliphatic carbocycles. The highest BCUT2D eigenvalue weighted by molar-refractivity contribution is 7.89. The Kier molecular flexibility index (Phi) is 9.57. The van der Waals surface area contributed by atoms with Crippen LogP contribution < -0.4 is 5.32 Å². The minimum atomic E-state index is -4.14. The van der Waals surface area contributed by atoms with Crippen LogP contribution in [-0.2, 0) is 24.3 Å². The number of amides is 1. The average molecular weight is 458 g/mol. The Balaban J connectivity index is 3.37. The Hall–Kier alpha value is -2.53. The van der Waals surface area contributed by atoms with Crippen LogP contribution in [-0.4, -0.2) is 55.3 Å². The molecule has 0 radical (unpaired) electrons. The normalized spacial score (nSPS) is 14.7. The summed E-state index contributed by atoms with van der Waals surface area (Å²) in [5, 5.41) is 13.5. The maximum Gasteiger partial charge on any atom is 0.328 e. The summed E-state index contributed by atoms with van der Waals surface area (Å²) < 4.78 is 32.4. The maximum absolute atomic E-state index is 13.3. The van der Waals surface area contributed by atoms with Gasteiger partial charge in [0.25, 0.3) is 5.69 Å². The lowest BCUT2D eigenvalue weighted by atomic mass is 9.96. The van der Waals surface area contributed by atoms with Gasteiger partial charge in [-0.3, -0.25) is 14.9 Å². The number of nitrogens with one attached hydrogen (secondary N) is 1. The maximum atomic E-state index is 13.3. The van der Waals surface area contributed by atoms with Crippen LogP contribution in [0.5, 0.6) is 0 Å². The van der Waals surface area contributed by atoms with E-state index in [9.17, 15) is 28.1 Å². The highest BCUT2D eigenvalue weighted by Crippen LogP contribution is 2.25. The first-order valence-corrected chi connectivity index (χ1v) is 11.5. The molecule has 1 aromatic rings. The molecule has 0 saturated heterocycles. The molecule has 0 aromatic heterocycles. The number of rotatable bonds is 11. The number of hydrogen-bond donors (Lipinski definition) is 1. The largest absolute Gasteiger partial charge is 0.467 e. The molecular formula is C20H31N3O7S. The van der Waals surface area contributed by atoms with E-state index in [1.54, 1.807) is 27.7 Å². The lowest BCUT2D eigenvalue weighted by Gasteiger charge is -2.34. The summed E-state index contributed by atoms with van der Waals surface area (Å²) in [6.07, 6.45) is 0.509. The Morgan fingerprint density at radius 2 is 1.71 bits per heavy atom. The number of nitro groups is 1. The summed E-state index contributed by atoms with van der Waals surface area (Å²) in [6, 6.07) is 2.49. The van der Waals surface area contributed by atoms with Crippen molar-refractivity contribution in [1.82, 2.24) is 9.62 Å². The minimum Gasteiger partial charge on any atom is -0.467 e. The second-order valence-electron chi connectivity index (χ2n) is 7.54. The molecule has 0 aliphatic heterocycles. The summed E-state index contributed by atoms with van der Waals surface area (Å²) in [7, 11) is -2.93. The van der Waals surface area contributed by atoms with Crippen molar-refractivity contribution in [1.29, 1.82) is 0 Å². The molecule has 1 amide bonds. The van der Waals surface area contributed by atoms with Gasteiger partial charge in [-0.05, 0) is 24.0 Å². The molecule has 1 N–H and O–H groups in total. The third-order valence-corrected chi connectivity index (χ3v) is 7.12. The Bertz CT molecular complexity index is 885. The van der Waals surface area contributed by atoms with Crippen LogP contribution in [0.2, 0.25) is 0 Å². The third-order valence-electron chi connectivity index (χ3n) is 5.15. The molecule has 0 aliphatic rings. The van der Waals surface area contributed by atoms with E-state index in [2.05, 4.69) is 5.32 Å². The van der Waals surface area contributed by atoms with Crippen LogP contribution in [0.25, 0.3) is 0 Å². The number of likely N-dealkylation sites (N-methyl/N-ethyl adjacent to an activating group) is 1. The van der Waals surface area contributed by atoms with Gasteiger partial charge in [0.05, 0.1) is 16.9 Å². The van der Waals surface area contributed by atoms with Crippen molar-refractivity contribution in [2.75, 3.05) is 13.7 Å². The Morgan fingerprint density at radius 1 is 1.16 bits per heavy atom. The summed E-state index contributed by atoms with van der Waals surface area (Å²) >= 11 is 0. The second kappa shape index (κ2) is 11.2. The fourth-order valence-corrected chi connectivity index (χ4v) is 4.84. The first-order valence-electron chi connectivity index (χ1n) is 10.1. The number of nitro benzene ring substituents is 1. The third kappa shape index (κ3) is 6.23. The van der Waals surface area contributed by atoms with Gasteiger partial charge >= 0.3 is 5.97 Å². The number of esters is 1. The molecule has 0 spiro atoms.